The largest absolute Gasteiger partial charge is 0.462 e. The molecular formula is C14H13ClN2O2S. The minimum absolute atomic E-state index is 0.303. The zero-order chi connectivity index (χ0) is 14.5. The first-order valence-electron chi connectivity index (χ1n) is 5.96. The fourth-order valence-electron chi connectivity index (χ4n) is 1.54. The van der Waals surface area contributed by atoms with Crippen LogP contribution in [-0.2, 0) is 4.74 Å². The van der Waals surface area contributed by atoms with E-state index in [9.17, 15) is 4.79 Å². The van der Waals surface area contributed by atoms with Crippen molar-refractivity contribution in [1.82, 2.24) is 4.98 Å². The summed E-state index contributed by atoms with van der Waals surface area (Å²) in [5.74, 6) is -0.444. The summed E-state index contributed by atoms with van der Waals surface area (Å²) in [7, 11) is 0. The lowest BCUT2D eigenvalue weighted by Gasteiger charge is -2.07. The average Bonchev–Trinajstić information content (AvgIpc) is 2.41. The number of anilines is 1. The lowest BCUT2D eigenvalue weighted by atomic mass is 10.2. The maximum atomic E-state index is 11.8. The second kappa shape index (κ2) is 6.63. The molecule has 20 heavy (non-hydrogen) atoms. The molecule has 0 saturated carbocycles. The Kier molecular flexibility index (Phi) is 4.87. The van der Waals surface area contributed by atoms with E-state index in [1.165, 1.54) is 18.0 Å². The molecule has 0 radical (unpaired) electrons. The Labute approximate surface area is 126 Å². The summed E-state index contributed by atoms with van der Waals surface area (Å²) >= 11 is 7.33. The highest BCUT2D eigenvalue weighted by Gasteiger charge is 2.13. The van der Waals surface area contributed by atoms with Crippen LogP contribution >= 0.6 is 23.4 Å². The molecule has 0 aliphatic heterocycles. The molecule has 0 aliphatic rings. The lowest BCUT2D eigenvalue weighted by molar-refractivity contribution is 0.0527. The van der Waals surface area contributed by atoms with Crippen LogP contribution < -0.4 is 5.73 Å². The van der Waals surface area contributed by atoms with Gasteiger partial charge in [0, 0.05) is 9.92 Å². The van der Waals surface area contributed by atoms with Gasteiger partial charge in [0.05, 0.1) is 24.1 Å². The molecule has 2 aromatic rings. The van der Waals surface area contributed by atoms with Crippen molar-refractivity contribution in [2.75, 3.05) is 12.3 Å². The number of hydrogen-bond acceptors (Lipinski definition) is 5. The standard InChI is InChI=1S/C14H13ClN2O2S/c1-2-19-14(18)11-7-13(17-8-12(11)16)20-10-5-3-4-9(15)6-10/h3-8H,2,16H2,1H3. The van der Waals surface area contributed by atoms with Gasteiger partial charge >= 0.3 is 5.97 Å². The van der Waals surface area contributed by atoms with Gasteiger partial charge in [-0.15, -0.1) is 0 Å². The van der Waals surface area contributed by atoms with Crippen LogP contribution in [-0.4, -0.2) is 17.6 Å². The number of pyridine rings is 1. The molecule has 1 aromatic heterocycles. The van der Waals surface area contributed by atoms with Gasteiger partial charge in [0.25, 0.3) is 0 Å². The summed E-state index contributed by atoms with van der Waals surface area (Å²) in [5.41, 5.74) is 6.37. The highest BCUT2D eigenvalue weighted by molar-refractivity contribution is 7.99. The van der Waals surface area contributed by atoms with Gasteiger partial charge in [-0.3, -0.25) is 0 Å². The molecular weight excluding hydrogens is 296 g/mol. The fourth-order valence-corrected chi connectivity index (χ4v) is 2.65. The summed E-state index contributed by atoms with van der Waals surface area (Å²) in [6.45, 7) is 2.05. The van der Waals surface area contributed by atoms with Crippen molar-refractivity contribution in [3.63, 3.8) is 0 Å². The van der Waals surface area contributed by atoms with Crippen LogP contribution in [0.15, 0.2) is 46.5 Å². The number of nitrogens with zero attached hydrogens (tertiary/aromatic N) is 1. The molecule has 0 amide bonds. The van der Waals surface area contributed by atoms with Crippen molar-refractivity contribution in [3.05, 3.63) is 47.1 Å². The Morgan fingerprint density at radius 2 is 2.25 bits per heavy atom. The summed E-state index contributed by atoms with van der Waals surface area (Å²) < 4.78 is 4.96. The van der Waals surface area contributed by atoms with Crippen molar-refractivity contribution in [3.8, 4) is 0 Å². The van der Waals surface area contributed by atoms with Crippen molar-refractivity contribution < 1.29 is 9.53 Å². The molecule has 0 spiro atoms. The number of nitrogen functional groups attached to an aromatic ring is 1. The highest BCUT2D eigenvalue weighted by Crippen LogP contribution is 2.29. The van der Waals surface area contributed by atoms with Crippen LogP contribution in [0.3, 0.4) is 0 Å². The van der Waals surface area contributed by atoms with Crippen LogP contribution in [0.5, 0.6) is 0 Å². The van der Waals surface area contributed by atoms with E-state index in [1.54, 1.807) is 19.1 Å². The summed E-state index contributed by atoms with van der Waals surface area (Å²) in [6, 6.07) is 9.02. The predicted molar refractivity (Wildman–Crippen MR) is 80.2 cm³/mol. The molecule has 2 N–H and O–H groups in total. The second-order valence-electron chi connectivity index (χ2n) is 3.89. The number of aromatic nitrogens is 1. The van der Waals surface area contributed by atoms with Crippen molar-refractivity contribution in [1.29, 1.82) is 0 Å². The third-order valence-corrected chi connectivity index (χ3v) is 3.58. The van der Waals surface area contributed by atoms with Gasteiger partial charge in [0.15, 0.2) is 0 Å². The SMILES string of the molecule is CCOC(=O)c1cc(Sc2cccc(Cl)c2)ncc1N. The number of esters is 1. The highest BCUT2D eigenvalue weighted by atomic mass is 35.5. The van der Waals surface area contributed by atoms with Crippen molar-refractivity contribution >= 4 is 35.0 Å². The number of benzene rings is 1. The molecule has 0 unspecified atom stereocenters. The Morgan fingerprint density at radius 1 is 1.45 bits per heavy atom. The van der Waals surface area contributed by atoms with E-state index in [1.807, 2.05) is 18.2 Å². The fraction of sp³-hybridized carbons (Fsp3) is 0.143. The van der Waals surface area contributed by atoms with Crippen molar-refractivity contribution in [2.24, 2.45) is 0 Å². The first-order valence-corrected chi connectivity index (χ1v) is 7.15. The Morgan fingerprint density at radius 3 is 2.95 bits per heavy atom. The van der Waals surface area contributed by atoms with Crippen LogP contribution in [0.1, 0.15) is 17.3 Å². The lowest BCUT2D eigenvalue weighted by Crippen LogP contribution is -2.08. The minimum atomic E-state index is -0.444. The first-order chi connectivity index (χ1) is 9.60. The van der Waals surface area contributed by atoms with Gasteiger partial charge in [0.2, 0.25) is 0 Å². The van der Waals surface area contributed by atoms with E-state index in [0.717, 1.165) is 4.90 Å². The first kappa shape index (κ1) is 14.7. The molecule has 0 bridgehead atoms. The number of nitrogens with two attached hydrogens (primary N) is 1. The van der Waals surface area contributed by atoms with Crippen LogP contribution in [0.2, 0.25) is 5.02 Å². The number of hydrogen-bond donors (Lipinski definition) is 1. The Bertz CT molecular complexity index is 634. The zero-order valence-corrected chi connectivity index (χ0v) is 12.4. The number of ether oxygens (including phenoxy) is 1. The molecule has 0 saturated heterocycles. The zero-order valence-electron chi connectivity index (χ0n) is 10.8. The van der Waals surface area contributed by atoms with E-state index in [-0.39, 0.29) is 0 Å². The Balaban J connectivity index is 2.25. The molecule has 0 fully saturated rings. The topological polar surface area (TPSA) is 65.2 Å². The van der Waals surface area contributed by atoms with E-state index in [4.69, 9.17) is 22.1 Å². The summed E-state index contributed by atoms with van der Waals surface area (Å²) in [4.78, 5) is 16.9. The third-order valence-electron chi connectivity index (χ3n) is 2.42. The van der Waals surface area contributed by atoms with Gasteiger partial charge in [-0.25, -0.2) is 9.78 Å². The quantitative estimate of drug-likeness (QED) is 0.873. The van der Waals surface area contributed by atoms with Crippen LogP contribution in [0.25, 0.3) is 0 Å². The summed E-state index contributed by atoms with van der Waals surface area (Å²) in [5, 5.41) is 1.31. The molecule has 2 rings (SSSR count). The summed E-state index contributed by atoms with van der Waals surface area (Å²) in [6.07, 6.45) is 1.46. The number of carbonyl (C=O) groups is 1. The number of halogens is 1. The average molecular weight is 309 g/mol. The molecule has 104 valence electrons. The molecule has 1 heterocycles. The van der Waals surface area contributed by atoms with E-state index < -0.39 is 5.97 Å². The number of rotatable bonds is 4. The monoisotopic (exact) mass is 308 g/mol. The maximum absolute atomic E-state index is 11.8. The van der Waals surface area contributed by atoms with E-state index >= 15 is 0 Å². The number of carbonyl (C=O) groups excluding carboxylic acids is 1. The van der Waals surface area contributed by atoms with E-state index in [2.05, 4.69) is 4.98 Å². The normalized spacial score (nSPS) is 10.3. The van der Waals surface area contributed by atoms with Gasteiger partial charge in [-0.1, -0.05) is 29.4 Å². The third kappa shape index (κ3) is 3.65. The van der Waals surface area contributed by atoms with Crippen molar-refractivity contribution in [2.45, 2.75) is 16.8 Å². The molecule has 0 atom stereocenters. The Hall–Kier alpha value is -1.72. The second-order valence-corrected chi connectivity index (χ2v) is 5.42. The molecule has 4 nitrogen and oxygen atoms in total. The van der Waals surface area contributed by atoms with Gasteiger partial charge in [-0.05, 0) is 31.2 Å². The van der Waals surface area contributed by atoms with Crippen LogP contribution in [0.4, 0.5) is 5.69 Å². The van der Waals surface area contributed by atoms with Gasteiger partial charge in [-0.2, -0.15) is 0 Å². The smallest absolute Gasteiger partial charge is 0.340 e. The maximum Gasteiger partial charge on any atom is 0.340 e. The van der Waals surface area contributed by atoms with Gasteiger partial charge < -0.3 is 10.5 Å². The minimum Gasteiger partial charge on any atom is -0.462 e. The molecule has 0 aliphatic carbocycles. The predicted octanol–water partition coefficient (Wildman–Crippen LogP) is 3.65. The van der Waals surface area contributed by atoms with E-state index in [0.29, 0.717) is 27.9 Å². The van der Waals surface area contributed by atoms with Gasteiger partial charge in [0.1, 0.15) is 5.03 Å². The molecule has 1 aromatic carbocycles. The molecule has 6 heteroatoms. The van der Waals surface area contributed by atoms with Crippen LogP contribution in [0, 0.1) is 0 Å².